The molecule has 6 heteroatoms. The molecule has 0 aromatic heterocycles. The highest BCUT2D eigenvalue weighted by atomic mass is 35.5. The second-order valence-electron chi connectivity index (χ2n) is 5.18. The molecule has 0 aliphatic heterocycles. The van der Waals surface area contributed by atoms with E-state index in [-0.39, 0.29) is 23.0 Å². The molecule has 0 heterocycles. The first-order valence-electron chi connectivity index (χ1n) is 6.06. The van der Waals surface area contributed by atoms with Crippen LogP contribution in [-0.4, -0.2) is 36.5 Å². The summed E-state index contributed by atoms with van der Waals surface area (Å²) in [6.07, 6.45) is 0. The number of hydrogen-bond donors (Lipinski definition) is 1. The minimum Gasteiger partial charge on any atom is -0.389 e. The van der Waals surface area contributed by atoms with Crippen molar-refractivity contribution in [2.24, 2.45) is 0 Å². The third kappa shape index (κ3) is 4.18. The van der Waals surface area contributed by atoms with E-state index in [1.54, 1.807) is 32.9 Å². The maximum Gasteiger partial charge on any atom is 0.244 e. The summed E-state index contributed by atoms with van der Waals surface area (Å²) < 4.78 is 26.2. The third-order valence-corrected chi connectivity index (χ3v) is 5.02. The largest absolute Gasteiger partial charge is 0.389 e. The Bertz CT molecular complexity index is 549. The van der Waals surface area contributed by atoms with E-state index in [9.17, 15) is 13.5 Å². The van der Waals surface area contributed by atoms with Crippen LogP contribution in [0.5, 0.6) is 0 Å². The van der Waals surface area contributed by atoms with Gasteiger partial charge in [-0.3, -0.25) is 0 Å². The lowest BCUT2D eigenvalue weighted by Crippen LogP contribution is -2.42. The molecule has 0 amide bonds. The van der Waals surface area contributed by atoms with Crippen LogP contribution >= 0.6 is 11.6 Å². The van der Waals surface area contributed by atoms with E-state index in [0.29, 0.717) is 0 Å². The molecule has 0 bridgehead atoms. The average molecular weight is 306 g/mol. The van der Waals surface area contributed by atoms with Gasteiger partial charge in [0.1, 0.15) is 4.90 Å². The van der Waals surface area contributed by atoms with Crippen LogP contribution in [0.4, 0.5) is 0 Å². The second kappa shape index (κ2) is 5.79. The van der Waals surface area contributed by atoms with Gasteiger partial charge in [-0.1, -0.05) is 24.6 Å². The summed E-state index contributed by atoms with van der Waals surface area (Å²) in [6.45, 7) is 7.01. The number of halogens is 1. The summed E-state index contributed by atoms with van der Waals surface area (Å²) in [5, 5.41) is 10.0. The molecule has 4 nitrogen and oxygen atoms in total. The van der Waals surface area contributed by atoms with Gasteiger partial charge in [-0.25, -0.2) is 8.42 Å². The maximum atomic E-state index is 12.5. The number of benzene rings is 1. The minimum atomic E-state index is -3.69. The molecular weight excluding hydrogens is 286 g/mol. The quantitative estimate of drug-likeness (QED) is 0.909. The molecule has 19 heavy (non-hydrogen) atoms. The fourth-order valence-electron chi connectivity index (χ4n) is 1.75. The van der Waals surface area contributed by atoms with Crippen LogP contribution in [-0.2, 0) is 10.0 Å². The van der Waals surface area contributed by atoms with Crippen molar-refractivity contribution in [2.75, 3.05) is 13.1 Å². The van der Waals surface area contributed by atoms with E-state index in [1.807, 2.05) is 6.92 Å². The molecule has 0 atom stereocenters. The van der Waals surface area contributed by atoms with Gasteiger partial charge in [0.25, 0.3) is 0 Å². The van der Waals surface area contributed by atoms with E-state index >= 15 is 0 Å². The molecule has 0 saturated carbocycles. The first-order chi connectivity index (χ1) is 8.58. The molecule has 0 fully saturated rings. The number of nitrogens with zero attached hydrogens (tertiary/aromatic N) is 1. The Morgan fingerprint density at radius 3 is 2.37 bits per heavy atom. The molecule has 0 saturated heterocycles. The van der Waals surface area contributed by atoms with Crippen LogP contribution in [0.15, 0.2) is 23.1 Å². The first-order valence-corrected chi connectivity index (χ1v) is 7.88. The van der Waals surface area contributed by atoms with Gasteiger partial charge in [0.15, 0.2) is 0 Å². The van der Waals surface area contributed by atoms with Gasteiger partial charge < -0.3 is 5.11 Å². The summed E-state index contributed by atoms with van der Waals surface area (Å²) >= 11 is 6.02. The topological polar surface area (TPSA) is 57.6 Å². The van der Waals surface area contributed by atoms with Crippen molar-refractivity contribution >= 4 is 21.6 Å². The Morgan fingerprint density at radius 2 is 1.95 bits per heavy atom. The number of hydrogen-bond acceptors (Lipinski definition) is 3. The van der Waals surface area contributed by atoms with Gasteiger partial charge in [-0.15, -0.1) is 0 Å². The fraction of sp³-hybridized carbons (Fsp3) is 0.538. The summed E-state index contributed by atoms with van der Waals surface area (Å²) in [6, 6.07) is 4.82. The predicted molar refractivity (Wildman–Crippen MR) is 76.9 cm³/mol. The molecule has 0 aliphatic carbocycles. The lowest BCUT2D eigenvalue weighted by atomic mass is 10.1. The van der Waals surface area contributed by atoms with Crippen molar-refractivity contribution in [3.8, 4) is 0 Å². The Labute approximate surface area is 120 Å². The van der Waals surface area contributed by atoms with E-state index in [1.165, 1.54) is 10.4 Å². The number of sulfonamides is 1. The number of rotatable bonds is 5. The fourth-order valence-corrected chi connectivity index (χ4v) is 3.93. The molecule has 0 aliphatic rings. The lowest BCUT2D eigenvalue weighted by Gasteiger charge is -2.27. The zero-order valence-electron chi connectivity index (χ0n) is 11.6. The molecule has 0 spiro atoms. The van der Waals surface area contributed by atoms with Crippen LogP contribution in [0.2, 0.25) is 5.02 Å². The zero-order valence-corrected chi connectivity index (χ0v) is 13.2. The SMILES string of the molecule is CCN(CC(C)(C)O)S(=O)(=O)c1ccc(C)cc1Cl. The van der Waals surface area contributed by atoms with Gasteiger partial charge in [0.05, 0.1) is 10.6 Å². The van der Waals surface area contributed by atoms with Crippen molar-refractivity contribution in [1.29, 1.82) is 0 Å². The Hall–Kier alpha value is -0.620. The smallest absolute Gasteiger partial charge is 0.244 e. The number of likely N-dealkylation sites (N-methyl/N-ethyl adjacent to an activating group) is 1. The highest BCUT2D eigenvalue weighted by Crippen LogP contribution is 2.26. The van der Waals surface area contributed by atoms with Crippen molar-refractivity contribution in [3.63, 3.8) is 0 Å². The first kappa shape index (κ1) is 16.4. The zero-order chi connectivity index (χ0) is 14.8. The van der Waals surface area contributed by atoms with Crippen molar-refractivity contribution in [1.82, 2.24) is 4.31 Å². The van der Waals surface area contributed by atoms with E-state index in [4.69, 9.17) is 11.6 Å². The summed E-state index contributed by atoms with van der Waals surface area (Å²) in [7, 11) is -3.69. The highest BCUT2D eigenvalue weighted by Gasteiger charge is 2.29. The highest BCUT2D eigenvalue weighted by molar-refractivity contribution is 7.89. The van der Waals surface area contributed by atoms with Gasteiger partial charge in [0.2, 0.25) is 10.0 Å². The van der Waals surface area contributed by atoms with E-state index in [2.05, 4.69) is 0 Å². The summed E-state index contributed by atoms with van der Waals surface area (Å²) in [5.41, 5.74) is -0.199. The second-order valence-corrected chi connectivity index (χ2v) is 7.49. The predicted octanol–water partition coefficient (Wildman–Crippen LogP) is 2.43. The van der Waals surface area contributed by atoms with Crippen LogP contribution in [0.25, 0.3) is 0 Å². The monoisotopic (exact) mass is 305 g/mol. The third-order valence-electron chi connectivity index (χ3n) is 2.62. The van der Waals surface area contributed by atoms with Crippen LogP contribution in [0.3, 0.4) is 0 Å². The van der Waals surface area contributed by atoms with E-state index in [0.717, 1.165) is 5.56 Å². The van der Waals surface area contributed by atoms with E-state index < -0.39 is 15.6 Å². The van der Waals surface area contributed by atoms with Crippen molar-refractivity contribution in [2.45, 2.75) is 38.2 Å². The normalized spacial score (nSPS) is 13.0. The number of aliphatic hydroxyl groups is 1. The minimum absolute atomic E-state index is 0.0238. The van der Waals surface area contributed by atoms with Crippen LogP contribution in [0, 0.1) is 6.92 Å². The molecule has 0 unspecified atom stereocenters. The molecule has 108 valence electrons. The van der Waals surface area contributed by atoms with Gasteiger partial charge in [-0.2, -0.15) is 4.31 Å². The van der Waals surface area contributed by atoms with Crippen LogP contribution < -0.4 is 0 Å². The van der Waals surface area contributed by atoms with Gasteiger partial charge in [0, 0.05) is 13.1 Å². The molecule has 1 rings (SSSR count). The van der Waals surface area contributed by atoms with Crippen LogP contribution in [0.1, 0.15) is 26.3 Å². The summed E-state index contributed by atoms with van der Waals surface area (Å²) in [4.78, 5) is 0.0749. The average Bonchev–Trinajstić information content (AvgIpc) is 2.23. The summed E-state index contributed by atoms with van der Waals surface area (Å²) in [5.74, 6) is 0. The Balaban J connectivity index is 3.21. The van der Waals surface area contributed by atoms with Crippen molar-refractivity contribution in [3.05, 3.63) is 28.8 Å². The Kier molecular flexibility index (Phi) is 5.01. The molecular formula is C13H20ClNO3S. The maximum absolute atomic E-state index is 12.5. The molecule has 1 aromatic rings. The molecule has 1 N–H and O–H groups in total. The molecule has 1 aromatic carbocycles. The van der Waals surface area contributed by atoms with Gasteiger partial charge >= 0.3 is 0 Å². The van der Waals surface area contributed by atoms with Gasteiger partial charge in [-0.05, 0) is 38.5 Å². The number of aryl methyl sites for hydroxylation is 1. The molecule has 0 radical (unpaired) electrons. The Morgan fingerprint density at radius 1 is 1.37 bits per heavy atom. The lowest BCUT2D eigenvalue weighted by molar-refractivity contribution is 0.0601. The van der Waals surface area contributed by atoms with Crippen molar-refractivity contribution < 1.29 is 13.5 Å². The standard InChI is InChI=1S/C13H20ClNO3S/c1-5-15(9-13(3,4)16)19(17,18)12-7-6-10(2)8-11(12)14/h6-8,16H,5,9H2,1-4H3.